The smallest absolute Gasteiger partial charge is 0.251 e. The van der Waals surface area contributed by atoms with Crippen LogP contribution in [0.2, 0.25) is 0 Å². The zero-order chi connectivity index (χ0) is 13.8. The van der Waals surface area contributed by atoms with Crippen LogP contribution >= 0.6 is 22.6 Å². The molecule has 1 saturated carbocycles. The molecule has 1 fully saturated rings. The molecule has 0 aromatic heterocycles. The molecule has 0 bridgehead atoms. The van der Waals surface area contributed by atoms with Crippen molar-refractivity contribution in [1.82, 2.24) is 5.32 Å². The molecule has 1 aromatic carbocycles. The highest BCUT2D eigenvalue weighted by atomic mass is 127. The van der Waals surface area contributed by atoms with Gasteiger partial charge in [0.25, 0.3) is 5.91 Å². The molecule has 1 aromatic rings. The number of phenols is 1. The van der Waals surface area contributed by atoms with E-state index in [4.69, 9.17) is 0 Å². The highest BCUT2D eigenvalue weighted by Gasteiger charge is 2.22. The SMILES string of the molecule is CCC1CCCC(NC(=O)c2ccc(I)c(O)c2)C1. The number of benzene rings is 1. The van der Waals surface area contributed by atoms with Crippen molar-refractivity contribution in [3.05, 3.63) is 27.3 Å². The zero-order valence-electron chi connectivity index (χ0n) is 11.2. The first-order chi connectivity index (χ1) is 9.10. The number of aromatic hydroxyl groups is 1. The number of nitrogens with one attached hydrogen (secondary N) is 1. The molecule has 4 heteroatoms. The van der Waals surface area contributed by atoms with E-state index in [1.807, 2.05) is 22.6 Å². The maximum Gasteiger partial charge on any atom is 0.251 e. The third-order valence-corrected chi connectivity index (χ3v) is 4.82. The van der Waals surface area contributed by atoms with Crippen molar-refractivity contribution < 1.29 is 9.90 Å². The molecule has 0 heterocycles. The fourth-order valence-corrected chi connectivity index (χ4v) is 3.05. The Kier molecular flexibility index (Phi) is 5.07. The summed E-state index contributed by atoms with van der Waals surface area (Å²) < 4.78 is 0.762. The minimum Gasteiger partial charge on any atom is -0.507 e. The van der Waals surface area contributed by atoms with E-state index in [-0.39, 0.29) is 17.7 Å². The van der Waals surface area contributed by atoms with E-state index >= 15 is 0 Å². The van der Waals surface area contributed by atoms with Crippen LogP contribution in [-0.4, -0.2) is 17.1 Å². The van der Waals surface area contributed by atoms with Gasteiger partial charge in [-0.05, 0) is 59.5 Å². The molecule has 104 valence electrons. The number of hydrogen-bond donors (Lipinski definition) is 2. The maximum atomic E-state index is 12.1. The Balaban J connectivity index is 1.98. The summed E-state index contributed by atoms with van der Waals surface area (Å²) in [6, 6.07) is 5.35. The normalized spacial score (nSPS) is 23.1. The summed E-state index contributed by atoms with van der Waals surface area (Å²) in [5.41, 5.74) is 0.538. The number of carbonyl (C=O) groups is 1. The first-order valence-corrected chi connectivity index (χ1v) is 7.97. The largest absolute Gasteiger partial charge is 0.507 e. The van der Waals surface area contributed by atoms with Crippen LogP contribution in [0.3, 0.4) is 0 Å². The Morgan fingerprint density at radius 2 is 2.26 bits per heavy atom. The summed E-state index contributed by atoms with van der Waals surface area (Å²) in [5, 5.41) is 12.7. The summed E-state index contributed by atoms with van der Waals surface area (Å²) in [4.78, 5) is 12.1. The van der Waals surface area contributed by atoms with Crippen molar-refractivity contribution in [3.8, 4) is 5.75 Å². The quantitative estimate of drug-likeness (QED) is 0.794. The van der Waals surface area contributed by atoms with E-state index in [1.165, 1.54) is 25.3 Å². The second-order valence-electron chi connectivity index (χ2n) is 5.28. The first kappa shape index (κ1) is 14.6. The fraction of sp³-hybridized carbons (Fsp3) is 0.533. The van der Waals surface area contributed by atoms with Crippen molar-refractivity contribution >= 4 is 28.5 Å². The highest BCUT2D eigenvalue weighted by Crippen LogP contribution is 2.27. The number of rotatable bonds is 3. The van der Waals surface area contributed by atoms with Crippen molar-refractivity contribution in [3.63, 3.8) is 0 Å². The molecule has 0 saturated heterocycles. The number of carbonyl (C=O) groups excluding carboxylic acids is 1. The lowest BCUT2D eigenvalue weighted by Gasteiger charge is -2.29. The van der Waals surface area contributed by atoms with Gasteiger partial charge in [0.05, 0.1) is 3.57 Å². The molecule has 2 N–H and O–H groups in total. The summed E-state index contributed by atoms with van der Waals surface area (Å²) in [6.45, 7) is 2.21. The summed E-state index contributed by atoms with van der Waals surface area (Å²) in [7, 11) is 0. The molecule has 1 aliphatic carbocycles. The summed E-state index contributed by atoms with van der Waals surface area (Å²) in [6.07, 6.45) is 5.82. The Hall–Kier alpha value is -0.780. The lowest BCUT2D eigenvalue weighted by atomic mass is 9.84. The van der Waals surface area contributed by atoms with E-state index in [0.29, 0.717) is 5.56 Å². The van der Waals surface area contributed by atoms with Gasteiger partial charge in [0, 0.05) is 11.6 Å². The molecule has 0 radical (unpaired) electrons. The molecule has 3 nitrogen and oxygen atoms in total. The van der Waals surface area contributed by atoms with Gasteiger partial charge in [0.2, 0.25) is 0 Å². The van der Waals surface area contributed by atoms with Crippen molar-refractivity contribution in [2.75, 3.05) is 0 Å². The average Bonchev–Trinajstić information content (AvgIpc) is 2.42. The monoisotopic (exact) mass is 373 g/mol. The van der Waals surface area contributed by atoms with Gasteiger partial charge >= 0.3 is 0 Å². The molecule has 19 heavy (non-hydrogen) atoms. The minimum absolute atomic E-state index is 0.0755. The number of halogens is 1. The topological polar surface area (TPSA) is 49.3 Å². The number of phenolic OH excluding ortho intramolecular Hbond substituents is 1. The van der Waals surface area contributed by atoms with Crippen LogP contribution in [0.4, 0.5) is 0 Å². The zero-order valence-corrected chi connectivity index (χ0v) is 13.3. The highest BCUT2D eigenvalue weighted by molar-refractivity contribution is 14.1. The molecule has 2 rings (SSSR count). The van der Waals surface area contributed by atoms with Gasteiger partial charge in [-0.25, -0.2) is 0 Å². The second-order valence-corrected chi connectivity index (χ2v) is 6.44. The van der Waals surface area contributed by atoms with E-state index in [2.05, 4.69) is 12.2 Å². The Bertz CT molecular complexity index is 461. The molecule has 1 aliphatic rings. The lowest BCUT2D eigenvalue weighted by Crippen LogP contribution is -2.38. The molecule has 2 atom stereocenters. The van der Waals surface area contributed by atoms with Gasteiger partial charge in [0.15, 0.2) is 0 Å². The molecule has 2 unspecified atom stereocenters. The van der Waals surface area contributed by atoms with Crippen LogP contribution in [-0.2, 0) is 0 Å². The molecule has 1 amide bonds. The van der Waals surface area contributed by atoms with Gasteiger partial charge in [-0.15, -0.1) is 0 Å². The predicted octanol–water partition coefficient (Wildman–Crippen LogP) is 3.70. The Morgan fingerprint density at radius 3 is 2.95 bits per heavy atom. The third-order valence-electron chi connectivity index (χ3n) is 3.90. The Labute approximate surface area is 127 Å². The van der Waals surface area contributed by atoms with Crippen molar-refractivity contribution in [2.24, 2.45) is 5.92 Å². The average molecular weight is 373 g/mol. The van der Waals surface area contributed by atoms with Gasteiger partial charge in [0.1, 0.15) is 5.75 Å². The van der Waals surface area contributed by atoms with Crippen LogP contribution in [0.15, 0.2) is 18.2 Å². The van der Waals surface area contributed by atoms with Gasteiger partial charge in [-0.1, -0.05) is 26.2 Å². The molecule has 0 spiro atoms. The van der Waals surface area contributed by atoms with E-state index in [0.717, 1.165) is 22.3 Å². The maximum absolute atomic E-state index is 12.1. The lowest BCUT2D eigenvalue weighted by molar-refractivity contribution is 0.0918. The number of amides is 1. The standard InChI is InChI=1S/C15H20INO2/c1-2-10-4-3-5-12(8-10)17-15(19)11-6-7-13(16)14(18)9-11/h6-7,9-10,12,18H,2-5,8H2,1H3,(H,17,19). The van der Waals surface area contributed by atoms with Crippen LogP contribution in [0.25, 0.3) is 0 Å². The summed E-state index contributed by atoms with van der Waals surface area (Å²) in [5.74, 6) is 0.834. The third kappa shape index (κ3) is 3.84. The molecular weight excluding hydrogens is 353 g/mol. The summed E-state index contributed by atoms with van der Waals surface area (Å²) >= 11 is 2.05. The van der Waals surface area contributed by atoms with Crippen molar-refractivity contribution in [2.45, 2.75) is 45.1 Å². The van der Waals surface area contributed by atoms with Crippen molar-refractivity contribution in [1.29, 1.82) is 0 Å². The number of hydrogen-bond acceptors (Lipinski definition) is 2. The predicted molar refractivity (Wildman–Crippen MR) is 84.3 cm³/mol. The van der Waals surface area contributed by atoms with Gasteiger partial charge in [-0.2, -0.15) is 0 Å². The van der Waals surface area contributed by atoms with Crippen LogP contribution in [0.1, 0.15) is 49.4 Å². The van der Waals surface area contributed by atoms with Gasteiger partial charge < -0.3 is 10.4 Å². The minimum atomic E-state index is -0.0755. The molecule has 0 aliphatic heterocycles. The second kappa shape index (κ2) is 6.59. The van der Waals surface area contributed by atoms with E-state index in [1.54, 1.807) is 12.1 Å². The first-order valence-electron chi connectivity index (χ1n) is 6.89. The van der Waals surface area contributed by atoms with E-state index < -0.39 is 0 Å². The van der Waals surface area contributed by atoms with Gasteiger partial charge in [-0.3, -0.25) is 4.79 Å². The van der Waals surface area contributed by atoms with Crippen LogP contribution in [0.5, 0.6) is 5.75 Å². The van der Waals surface area contributed by atoms with Crippen LogP contribution < -0.4 is 5.32 Å². The molecular formula is C15H20INO2. The Morgan fingerprint density at radius 1 is 1.47 bits per heavy atom. The fourth-order valence-electron chi connectivity index (χ4n) is 2.72. The van der Waals surface area contributed by atoms with E-state index in [9.17, 15) is 9.90 Å². The van der Waals surface area contributed by atoms with Crippen LogP contribution in [0, 0.1) is 9.49 Å².